The van der Waals surface area contributed by atoms with Crippen LogP contribution in [0.4, 0.5) is 0 Å². The van der Waals surface area contributed by atoms with E-state index in [0.717, 1.165) is 5.56 Å². The van der Waals surface area contributed by atoms with Crippen molar-refractivity contribution in [3.05, 3.63) is 49.9 Å². The summed E-state index contributed by atoms with van der Waals surface area (Å²) in [5.74, 6) is -6.66. The number of allylic oxidation sites excluding steroid dienone is 1. The molecule has 0 fully saturated rings. The number of hydrogen-bond acceptors (Lipinski definition) is 9. The van der Waals surface area contributed by atoms with E-state index in [1.54, 1.807) is 14.1 Å². The number of halogens is 1. The molecule has 1 aliphatic heterocycles. The third-order valence-electron chi connectivity index (χ3n) is 7.89. The van der Waals surface area contributed by atoms with Crippen molar-refractivity contribution in [2.45, 2.75) is 37.6 Å². The zero-order chi connectivity index (χ0) is 25.7. The lowest BCUT2D eigenvalue weighted by Gasteiger charge is -2.50. The molecule has 4 atom stereocenters. The number of benzene rings is 1. The van der Waals surface area contributed by atoms with E-state index in [0.29, 0.717) is 29.2 Å². The van der Waals surface area contributed by atoms with Crippen LogP contribution in [0.1, 0.15) is 33.5 Å². The topological polar surface area (TPSA) is 165 Å². The molecule has 1 aromatic carbocycles. The van der Waals surface area contributed by atoms with Crippen molar-refractivity contribution in [2.75, 3.05) is 21.1 Å². The molecule has 1 heterocycles. The third kappa shape index (κ3) is 2.91. The van der Waals surface area contributed by atoms with Crippen molar-refractivity contribution in [1.29, 1.82) is 0 Å². The zero-order valence-electron chi connectivity index (χ0n) is 19.4. The maximum Gasteiger partial charge on any atom is 0.255 e. The molecule has 0 unspecified atom stereocenters. The predicted octanol–water partition coefficient (Wildman–Crippen LogP) is 0.719. The number of aliphatic hydroxyl groups is 3. The van der Waals surface area contributed by atoms with Crippen molar-refractivity contribution >= 4 is 29.1 Å². The standard InChI is InChI=1S/C24H26ClN3O7/c1-27(2)17-12-5-8-4-9-14(18(29)11-7-28(3)6-10(11)16(9)25)19(30)13(8)21(32)24(12,35)22(33)15(20(17)31)23(26)34/h8,12,17,29,31-32,35H,4-7H2,1-3H3,(H2,26,34)/t8-,12-,17-,24-/m0/s1. The Morgan fingerprint density at radius 3 is 2.37 bits per heavy atom. The van der Waals surface area contributed by atoms with Gasteiger partial charge in [-0.05, 0) is 51.0 Å². The molecule has 35 heavy (non-hydrogen) atoms. The van der Waals surface area contributed by atoms with Gasteiger partial charge in [-0.3, -0.25) is 24.2 Å². The van der Waals surface area contributed by atoms with Gasteiger partial charge >= 0.3 is 0 Å². The van der Waals surface area contributed by atoms with Gasteiger partial charge in [-0.2, -0.15) is 0 Å². The number of nitrogens with two attached hydrogens (primary N) is 1. The van der Waals surface area contributed by atoms with E-state index in [1.807, 2.05) is 11.9 Å². The van der Waals surface area contributed by atoms with E-state index in [1.165, 1.54) is 4.90 Å². The minimum absolute atomic E-state index is 0.0276. The molecule has 0 bridgehead atoms. The molecule has 186 valence electrons. The Morgan fingerprint density at radius 2 is 1.77 bits per heavy atom. The summed E-state index contributed by atoms with van der Waals surface area (Å²) in [6.45, 7) is 0.896. The van der Waals surface area contributed by atoms with Gasteiger partial charge in [0.25, 0.3) is 5.91 Å². The number of primary amides is 1. The van der Waals surface area contributed by atoms with Crippen LogP contribution in [0.15, 0.2) is 22.7 Å². The predicted molar refractivity (Wildman–Crippen MR) is 124 cm³/mol. The number of ketones is 2. The van der Waals surface area contributed by atoms with Crippen molar-refractivity contribution < 1.29 is 34.8 Å². The Kier molecular flexibility index (Phi) is 5.13. The second-order valence-electron chi connectivity index (χ2n) is 10.1. The number of likely N-dealkylation sites (N-methyl/N-ethyl adjacent to an activating group) is 1. The summed E-state index contributed by atoms with van der Waals surface area (Å²) >= 11 is 6.71. The van der Waals surface area contributed by atoms with E-state index in [2.05, 4.69) is 0 Å². The van der Waals surface area contributed by atoms with Gasteiger partial charge in [0.05, 0.1) is 11.6 Å². The fourth-order valence-corrected chi connectivity index (χ4v) is 6.72. The van der Waals surface area contributed by atoms with E-state index >= 15 is 0 Å². The van der Waals surface area contributed by atoms with Crippen molar-refractivity contribution in [3.8, 4) is 5.75 Å². The van der Waals surface area contributed by atoms with Crippen LogP contribution >= 0.6 is 11.6 Å². The van der Waals surface area contributed by atoms with Crippen LogP contribution in [0.25, 0.3) is 0 Å². The van der Waals surface area contributed by atoms with Crippen molar-refractivity contribution in [3.63, 3.8) is 0 Å². The molecule has 0 radical (unpaired) electrons. The number of fused-ring (bicyclic) bond motifs is 4. The number of carbonyl (C=O) groups is 3. The molecule has 0 saturated carbocycles. The second-order valence-corrected chi connectivity index (χ2v) is 10.5. The third-order valence-corrected chi connectivity index (χ3v) is 8.35. The minimum atomic E-state index is -2.65. The molecule has 3 aliphatic carbocycles. The van der Waals surface area contributed by atoms with Gasteiger partial charge in [0, 0.05) is 35.2 Å². The summed E-state index contributed by atoms with van der Waals surface area (Å²) in [4.78, 5) is 42.5. The van der Waals surface area contributed by atoms with Gasteiger partial charge in [0.1, 0.15) is 22.8 Å². The number of Topliss-reactive ketones (excluding diaryl/α,β-unsaturated/α-hetero) is 2. The molecule has 1 aromatic rings. The SMILES string of the molecule is CN1Cc2c(O)c3c(c(Cl)c2C1)C[C@H]1C[C@H]2[C@H](N(C)C)C(O)=C(C(N)=O)C(=O)[C@@]2(O)C(O)=C1C3=O. The Hall–Kier alpha value is -2.92. The van der Waals surface area contributed by atoms with E-state index in [4.69, 9.17) is 17.3 Å². The van der Waals surface area contributed by atoms with Crippen LogP contribution in [-0.4, -0.2) is 80.5 Å². The summed E-state index contributed by atoms with van der Waals surface area (Å²) in [5, 5.41) is 45.1. The molecule has 1 amide bonds. The monoisotopic (exact) mass is 503 g/mol. The largest absolute Gasteiger partial charge is 0.510 e. The summed E-state index contributed by atoms with van der Waals surface area (Å²) < 4.78 is 0. The molecular weight excluding hydrogens is 478 g/mol. The number of carbonyl (C=O) groups excluding carboxylic acids is 3. The lowest BCUT2D eigenvalue weighted by Crippen LogP contribution is -2.63. The molecule has 11 heteroatoms. The van der Waals surface area contributed by atoms with E-state index < -0.39 is 58.0 Å². The number of aromatic hydroxyl groups is 1. The van der Waals surface area contributed by atoms with E-state index in [9.17, 15) is 34.8 Å². The first-order valence-corrected chi connectivity index (χ1v) is 11.6. The van der Waals surface area contributed by atoms with Gasteiger partial charge < -0.3 is 26.2 Å². The van der Waals surface area contributed by atoms with Crippen LogP contribution in [0.5, 0.6) is 5.75 Å². The molecule has 10 nitrogen and oxygen atoms in total. The molecule has 6 N–H and O–H groups in total. The number of nitrogens with zero attached hydrogens (tertiary/aromatic N) is 2. The average Bonchev–Trinajstić information content (AvgIpc) is 3.16. The van der Waals surface area contributed by atoms with Crippen LogP contribution < -0.4 is 5.73 Å². The highest BCUT2D eigenvalue weighted by Crippen LogP contribution is 2.54. The average molecular weight is 504 g/mol. The number of phenolic OH excluding ortho intramolecular Hbond substituents is 1. The summed E-state index contributed by atoms with van der Waals surface area (Å²) in [6, 6.07) is -1.03. The molecule has 0 spiro atoms. The fourth-order valence-electron chi connectivity index (χ4n) is 6.38. The number of amides is 1. The quantitative estimate of drug-likeness (QED) is 0.365. The van der Waals surface area contributed by atoms with Crippen molar-refractivity contribution in [2.24, 2.45) is 17.6 Å². The van der Waals surface area contributed by atoms with Crippen LogP contribution in [0.3, 0.4) is 0 Å². The first kappa shape index (κ1) is 23.8. The molecule has 0 aromatic heterocycles. The minimum Gasteiger partial charge on any atom is -0.510 e. The van der Waals surface area contributed by atoms with Gasteiger partial charge in [0.2, 0.25) is 5.78 Å². The Morgan fingerprint density at radius 1 is 1.14 bits per heavy atom. The molecule has 4 aliphatic rings. The van der Waals surface area contributed by atoms with Crippen LogP contribution in [0, 0.1) is 11.8 Å². The molecule has 5 rings (SSSR count). The van der Waals surface area contributed by atoms with Gasteiger partial charge in [-0.25, -0.2) is 0 Å². The van der Waals surface area contributed by atoms with Crippen molar-refractivity contribution in [1.82, 2.24) is 9.80 Å². The highest BCUT2D eigenvalue weighted by Gasteiger charge is 2.63. The Bertz CT molecular complexity index is 1300. The van der Waals surface area contributed by atoms with Gasteiger partial charge in [0.15, 0.2) is 11.4 Å². The summed E-state index contributed by atoms with van der Waals surface area (Å²) in [7, 11) is 5.03. The van der Waals surface area contributed by atoms with Gasteiger partial charge in [-0.15, -0.1) is 0 Å². The first-order valence-electron chi connectivity index (χ1n) is 11.2. The van der Waals surface area contributed by atoms with Gasteiger partial charge in [-0.1, -0.05) is 11.6 Å². The second kappa shape index (κ2) is 7.54. The zero-order valence-corrected chi connectivity index (χ0v) is 20.2. The molecular formula is C24H26ClN3O7. The fraction of sp³-hybridized carbons (Fsp3) is 0.458. The van der Waals surface area contributed by atoms with Crippen LogP contribution in [-0.2, 0) is 29.1 Å². The maximum absolute atomic E-state index is 13.7. The first-order chi connectivity index (χ1) is 16.3. The lowest BCUT2D eigenvalue weighted by atomic mass is 9.58. The number of rotatable bonds is 2. The smallest absolute Gasteiger partial charge is 0.255 e. The Balaban J connectivity index is 1.74. The van der Waals surface area contributed by atoms with E-state index in [-0.39, 0.29) is 29.7 Å². The highest BCUT2D eigenvalue weighted by atomic mass is 35.5. The lowest BCUT2D eigenvalue weighted by molar-refractivity contribution is -0.148. The normalized spacial score (nSPS) is 30.4. The number of aliphatic hydroxyl groups excluding tert-OH is 2. The number of hydrogen-bond donors (Lipinski definition) is 5. The highest BCUT2D eigenvalue weighted by molar-refractivity contribution is 6.33. The summed E-state index contributed by atoms with van der Waals surface area (Å²) in [5.41, 5.74) is 3.34. The molecule has 0 saturated heterocycles. The maximum atomic E-state index is 13.7. The Labute approximate surface area is 205 Å². The summed E-state index contributed by atoms with van der Waals surface area (Å²) in [6.07, 6.45) is 0.206. The van der Waals surface area contributed by atoms with Crippen LogP contribution in [0.2, 0.25) is 5.02 Å². The number of phenols is 1.